The lowest BCUT2D eigenvalue weighted by Crippen LogP contribution is -2.11. The first kappa shape index (κ1) is 11.4. The van der Waals surface area contributed by atoms with E-state index in [-0.39, 0.29) is 0 Å². The lowest BCUT2D eigenvalue weighted by Gasteiger charge is -2.15. The summed E-state index contributed by atoms with van der Waals surface area (Å²) in [4.78, 5) is 0. The standard InChI is InChI=1S/C16H19NO/c1-16(2)9-14-8-13(10-17(14)11-16)12-4-6-15(18-3)7-5-12/h4-8,10H,9,11H2,1-3H3. The van der Waals surface area contributed by atoms with Gasteiger partial charge in [0, 0.05) is 18.4 Å². The molecule has 0 fully saturated rings. The molecular weight excluding hydrogens is 222 g/mol. The van der Waals surface area contributed by atoms with E-state index in [1.807, 2.05) is 12.1 Å². The number of rotatable bonds is 2. The third-order valence-electron chi connectivity index (χ3n) is 3.67. The molecule has 18 heavy (non-hydrogen) atoms. The highest BCUT2D eigenvalue weighted by Crippen LogP contribution is 2.35. The summed E-state index contributed by atoms with van der Waals surface area (Å²) in [6.07, 6.45) is 3.44. The predicted octanol–water partition coefficient (Wildman–Crippen LogP) is 3.75. The van der Waals surface area contributed by atoms with E-state index < -0.39 is 0 Å². The Kier molecular flexibility index (Phi) is 2.47. The Morgan fingerprint density at radius 2 is 1.83 bits per heavy atom. The van der Waals surface area contributed by atoms with E-state index in [9.17, 15) is 0 Å². The van der Waals surface area contributed by atoms with Crippen LogP contribution in [0.3, 0.4) is 0 Å². The van der Waals surface area contributed by atoms with E-state index in [0.29, 0.717) is 5.41 Å². The summed E-state index contributed by atoms with van der Waals surface area (Å²) in [6, 6.07) is 10.6. The molecule has 1 aliphatic heterocycles. The number of fused-ring (bicyclic) bond motifs is 1. The molecule has 2 heterocycles. The fraction of sp³-hybridized carbons (Fsp3) is 0.375. The Hall–Kier alpha value is -1.70. The highest BCUT2D eigenvalue weighted by molar-refractivity contribution is 5.64. The average Bonchev–Trinajstić information content (AvgIpc) is 2.82. The summed E-state index contributed by atoms with van der Waals surface area (Å²) >= 11 is 0. The molecular formula is C16H19NO. The monoisotopic (exact) mass is 241 g/mol. The Bertz CT molecular complexity index is 538. The molecule has 0 atom stereocenters. The molecule has 1 aliphatic rings. The zero-order valence-electron chi connectivity index (χ0n) is 11.2. The van der Waals surface area contributed by atoms with Crippen molar-refractivity contribution in [2.45, 2.75) is 26.8 Å². The second-order valence-electron chi connectivity index (χ2n) is 5.92. The molecule has 0 radical (unpaired) electrons. The second-order valence-corrected chi connectivity index (χ2v) is 5.92. The summed E-state index contributed by atoms with van der Waals surface area (Å²) in [7, 11) is 1.70. The van der Waals surface area contributed by atoms with Gasteiger partial charge in [-0.1, -0.05) is 26.0 Å². The molecule has 0 amide bonds. The number of methoxy groups -OCH3 is 1. The van der Waals surface area contributed by atoms with E-state index in [0.717, 1.165) is 12.3 Å². The molecule has 0 aliphatic carbocycles. The van der Waals surface area contributed by atoms with Crippen LogP contribution < -0.4 is 4.74 Å². The van der Waals surface area contributed by atoms with Gasteiger partial charge in [0.05, 0.1) is 7.11 Å². The Labute approximate surface area is 108 Å². The van der Waals surface area contributed by atoms with Gasteiger partial charge in [0.15, 0.2) is 0 Å². The molecule has 0 spiro atoms. The number of nitrogens with zero attached hydrogens (tertiary/aromatic N) is 1. The van der Waals surface area contributed by atoms with Crippen molar-refractivity contribution in [3.63, 3.8) is 0 Å². The van der Waals surface area contributed by atoms with E-state index in [4.69, 9.17) is 4.74 Å². The number of hydrogen-bond acceptors (Lipinski definition) is 1. The van der Waals surface area contributed by atoms with Crippen molar-refractivity contribution in [1.29, 1.82) is 0 Å². The maximum atomic E-state index is 5.19. The Balaban J connectivity index is 1.90. The highest BCUT2D eigenvalue weighted by Gasteiger charge is 2.28. The minimum absolute atomic E-state index is 0.410. The van der Waals surface area contributed by atoms with Gasteiger partial charge >= 0.3 is 0 Å². The van der Waals surface area contributed by atoms with E-state index in [1.165, 1.54) is 23.2 Å². The molecule has 2 nitrogen and oxygen atoms in total. The predicted molar refractivity (Wildman–Crippen MR) is 73.9 cm³/mol. The van der Waals surface area contributed by atoms with Crippen LogP contribution in [0.15, 0.2) is 36.5 Å². The van der Waals surface area contributed by atoms with Crippen LogP contribution in [0.1, 0.15) is 19.5 Å². The Morgan fingerprint density at radius 3 is 2.44 bits per heavy atom. The molecule has 3 rings (SSSR count). The zero-order chi connectivity index (χ0) is 12.8. The van der Waals surface area contributed by atoms with Gasteiger partial charge < -0.3 is 9.30 Å². The largest absolute Gasteiger partial charge is 0.497 e. The highest BCUT2D eigenvalue weighted by atomic mass is 16.5. The van der Waals surface area contributed by atoms with E-state index in [2.05, 4.69) is 42.8 Å². The van der Waals surface area contributed by atoms with E-state index >= 15 is 0 Å². The van der Waals surface area contributed by atoms with Gasteiger partial charge in [-0.15, -0.1) is 0 Å². The molecule has 1 aromatic heterocycles. The van der Waals surface area contributed by atoms with Gasteiger partial charge in [-0.3, -0.25) is 0 Å². The fourth-order valence-electron chi connectivity index (χ4n) is 2.80. The van der Waals surface area contributed by atoms with Crippen molar-refractivity contribution in [2.75, 3.05) is 7.11 Å². The molecule has 1 aromatic carbocycles. The van der Waals surface area contributed by atoms with Crippen molar-refractivity contribution < 1.29 is 4.74 Å². The minimum atomic E-state index is 0.410. The number of benzene rings is 1. The minimum Gasteiger partial charge on any atom is -0.497 e. The summed E-state index contributed by atoms with van der Waals surface area (Å²) in [5.41, 5.74) is 4.43. The second kappa shape index (κ2) is 3.91. The fourth-order valence-corrected chi connectivity index (χ4v) is 2.80. The maximum absolute atomic E-state index is 5.19. The third-order valence-corrected chi connectivity index (χ3v) is 3.67. The van der Waals surface area contributed by atoms with Crippen molar-refractivity contribution in [1.82, 2.24) is 4.57 Å². The molecule has 2 aromatic rings. The van der Waals surface area contributed by atoms with Crippen LogP contribution in [-0.2, 0) is 13.0 Å². The van der Waals surface area contributed by atoms with Gasteiger partial charge in [-0.05, 0) is 41.2 Å². The lowest BCUT2D eigenvalue weighted by molar-refractivity contribution is 0.359. The van der Waals surface area contributed by atoms with Crippen molar-refractivity contribution in [2.24, 2.45) is 5.41 Å². The molecule has 2 heteroatoms. The van der Waals surface area contributed by atoms with Gasteiger partial charge in [-0.25, -0.2) is 0 Å². The summed E-state index contributed by atoms with van der Waals surface area (Å²) in [5, 5.41) is 0. The van der Waals surface area contributed by atoms with Crippen LogP contribution in [0.25, 0.3) is 11.1 Å². The molecule has 0 N–H and O–H groups in total. The number of hydrogen-bond donors (Lipinski definition) is 0. The van der Waals surface area contributed by atoms with Crippen LogP contribution >= 0.6 is 0 Å². The number of ether oxygens (including phenoxy) is 1. The van der Waals surface area contributed by atoms with E-state index in [1.54, 1.807) is 7.11 Å². The third kappa shape index (κ3) is 1.92. The smallest absolute Gasteiger partial charge is 0.118 e. The topological polar surface area (TPSA) is 14.2 Å². The van der Waals surface area contributed by atoms with Crippen LogP contribution in [0, 0.1) is 5.41 Å². The SMILES string of the molecule is COc1ccc(-c2cc3n(c2)CC(C)(C)C3)cc1. The van der Waals surface area contributed by atoms with Crippen LogP contribution in [0.2, 0.25) is 0 Å². The average molecular weight is 241 g/mol. The first-order chi connectivity index (χ1) is 8.57. The molecule has 94 valence electrons. The molecule has 0 saturated heterocycles. The summed E-state index contributed by atoms with van der Waals surface area (Å²) in [6.45, 7) is 5.78. The Morgan fingerprint density at radius 1 is 1.11 bits per heavy atom. The summed E-state index contributed by atoms with van der Waals surface area (Å²) < 4.78 is 7.58. The first-order valence-corrected chi connectivity index (χ1v) is 6.41. The zero-order valence-corrected chi connectivity index (χ0v) is 11.2. The van der Waals surface area contributed by atoms with Crippen molar-refractivity contribution in [3.05, 3.63) is 42.2 Å². The van der Waals surface area contributed by atoms with Gasteiger partial charge in [-0.2, -0.15) is 0 Å². The van der Waals surface area contributed by atoms with Crippen LogP contribution in [0.4, 0.5) is 0 Å². The molecule has 0 bridgehead atoms. The van der Waals surface area contributed by atoms with Crippen molar-refractivity contribution in [3.8, 4) is 16.9 Å². The van der Waals surface area contributed by atoms with Gasteiger partial charge in [0.2, 0.25) is 0 Å². The maximum Gasteiger partial charge on any atom is 0.118 e. The first-order valence-electron chi connectivity index (χ1n) is 6.41. The van der Waals surface area contributed by atoms with Gasteiger partial charge in [0.1, 0.15) is 5.75 Å². The molecule has 0 saturated carbocycles. The normalized spacial score (nSPS) is 16.6. The summed E-state index contributed by atoms with van der Waals surface area (Å²) in [5.74, 6) is 0.909. The number of aromatic nitrogens is 1. The van der Waals surface area contributed by atoms with Gasteiger partial charge in [0.25, 0.3) is 0 Å². The van der Waals surface area contributed by atoms with Crippen LogP contribution in [-0.4, -0.2) is 11.7 Å². The van der Waals surface area contributed by atoms with Crippen molar-refractivity contribution >= 4 is 0 Å². The molecule has 0 unspecified atom stereocenters. The van der Waals surface area contributed by atoms with Crippen LogP contribution in [0.5, 0.6) is 5.75 Å². The lowest BCUT2D eigenvalue weighted by atomic mass is 9.91. The quantitative estimate of drug-likeness (QED) is 0.781.